The summed E-state index contributed by atoms with van der Waals surface area (Å²) in [6, 6.07) is 6.06. The fraction of sp³-hybridized carbons (Fsp3) is 0.542. The minimum Gasteiger partial charge on any atom is -0.494 e. The van der Waals surface area contributed by atoms with E-state index in [0.29, 0.717) is 55.4 Å². The molecule has 1 spiro atoms. The molecule has 1 unspecified atom stereocenters. The zero-order valence-corrected chi connectivity index (χ0v) is 20.3. The van der Waals surface area contributed by atoms with Gasteiger partial charge in [0.25, 0.3) is 5.91 Å². The number of aromatic nitrogens is 2. The lowest BCUT2D eigenvalue weighted by atomic mass is 9.85. The van der Waals surface area contributed by atoms with Gasteiger partial charge in [0.15, 0.2) is 9.84 Å². The van der Waals surface area contributed by atoms with Gasteiger partial charge in [0.1, 0.15) is 22.9 Å². The van der Waals surface area contributed by atoms with Gasteiger partial charge in [-0.05, 0) is 55.4 Å². The standard InChI is InChI=1S/C24H30N4O5S/c1-3-33-18-7-6-16-11-24(12-17(16)10-18)13-19-21(23(30)26-24)22(25-20(29)14-34(2,31)32)28(27-19)9-8-15-4-5-15/h6-7,10,15H,3-5,8-9,11-14H2,1-2H3,(H,25,29)(H,26,30). The third kappa shape index (κ3) is 4.68. The summed E-state index contributed by atoms with van der Waals surface area (Å²) in [6.45, 7) is 3.12. The highest BCUT2D eigenvalue weighted by Gasteiger charge is 2.45. The number of amides is 2. The first-order valence-electron chi connectivity index (χ1n) is 11.8. The van der Waals surface area contributed by atoms with Crippen molar-refractivity contribution in [2.75, 3.05) is 23.9 Å². The Hall–Kier alpha value is -2.88. The van der Waals surface area contributed by atoms with Crippen molar-refractivity contribution >= 4 is 27.5 Å². The number of aryl methyl sites for hydroxylation is 1. The van der Waals surface area contributed by atoms with Crippen LogP contribution < -0.4 is 15.4 Å². The van der Waals surface area contributed by atoms with E-state index in [2.05, 4.69) is 16.7 Å². The number of nitrogens with zero attached hydrogens (tertiary/aromatic N) is 2. The number of hydrogen-bond donors (Lipinski definition) is 2. The van der Waals surface area contributed by atoms with Crippen LogP contribution in [0.15, 0.2) is 18.2 Å². The normalized spacial score (nSPS) is 21.2. The van der Waals surface area contributed by atoms with Gasteiger partial charge in [0.05, 0.1) is 17.8 Å². The number of ether oxygens (including phenoxy) is 1. The summed E-state index contributed by atoms with van der Waals surface area (Å²) in [6.07, 6.45) is 6.21. The van der Waals surface area contributed by atoms with Crippen molar-refractivity contribution in [3.8, 4) is 5.75 Å². The predicted octanol–water partition coefficient (Wildman–Crippen LogP) is 1.89. The quantitative estimate of drug-likeness (QED) is 0.588. The molecule has 3 aliphatic rings. The number of carbonyl (C=O) groups excluding carboxylic acids is 2. The first-order chi connectivity index (χ1) is 16.1. The molecule has 2 N–H and O–H groups in total. The Morgan fingerprint density at radius 3 is 2.74 bits per heavy atom. The smallest absolute Gasteiger partial charge is 0.257 e. The lowest BCUT2D eigenvalue weighted by Gasteiger charge is -2.33. The first-order valence-corrected chi connectivity index (χ1v) is 13.9. The van der Waals surface area contributed by atoms with Crippen LogP contribution in [-0.2, 0) is 40.4 Å². The zero-order chi connectivity index (χ0) is 24.1. The molecule has 1 aromatic heterocycles. The molecule has 1 fully saturated rings. The van der Waals surface area contributed by atoms with Gasteiger partial charge in [-0.3, -0.25) is 9.59 Å². The number of nitrogens with one attached hydrogen (secondary N) is 2. The van der Waals surface area contributed by atoms with Gasteiger partial charge in [-0.1, -0.05) is 18.9 Å². The zero-order valence-electron chi connectivity index (χ0n) is 19.5. The molecule has 1 saturated carbocycles. The number of rotatable bonds is 8. The Labute approximate surface area is 199 Å². The molecule has 10 heteroatoms. The lowest BCUT2D eigenvalue weighted by Crippen LogP contribution is -2.54. The van der Waals surface area contributed by atoms with Gasteiger partial charge >= 0.3 is 0 Å². The number of carbonyl (C=O) groups is 2. The maximum Gasteiger partial charge on any atom is 0.257 e. The number of sulfone groups is 1. The molecule has 1 aromatic carbocycles. The van der Waals surface area contributed by atoms with Crippen LogP contribution >= 0.6 is 0 Å². The van der Waals surface area contributed by atoms with Crippen LogP contribution in [0, 0.1) is 5.92 Å². The third-order valence-corrected chi connectivity index (χ3v) is 7.57. The van der Waals surface area contributed by atoms with Crippen LogP contribution in [0.5, 0.6) is 5.75 Å². The van der Waals surface area contributed by atoms with Gasteiger partial charge in [0.2, 0.25) is 5.91 Å². The van der Waals surface area contributed by atoms with Crippen LogP contribution in [0.1, 0.15) is 53.4 Å². The topological polar surface area (TPSA) is 119 Å². The number of benzene rings is 1. The molecule has 0 bridgehead atoms. The second-order valence-corrected chi connectivity index (χ2v) is 12.0. The van der Waals surface area contributed by atoms with E-state index in [0.717, 1.165) is 24.0 Å². The van der Waals surface area contributed by atoms with Crippen molar-refractivity contribution in [3.05, 3.63) is 40.6 Å². The highest BCUT2D eigenvalue weighted by atomic mass is 32.2. The molecule has 0 saturated heterocycles. The van der Waals surface area contributed by atoms with Gasteiger partial charge < -0.3 is 15.4 Å². The van der Waals surface area contributed by atoms with Crippen molar-refractivity contribution in [1.82, 2.24) is 15.1 Å². The second-order valence-electron chi connectivity index (χ2n) is 9.87. The first kappa shape index (κ1) is 22.9. The highest BCUT2D eigenvalue weighted by molar-refractivity contribution is 7.91. The fourth-order valence-electron chi connectivity index (χ4n) is 5.15. The molecule has 1 aliphatic heterocycles. The largest absolute Gasteiger partial charge is 0.494 e. The highest BCUT2D eigenvalue weighted by Crippen LogP contribution is 2.39. The van der Waals surface area contributed by atoms with Crippen molar-refractivity contribution in [2.24, 2.45) is 5.92 Å². The molecule has 2 amide bonds. The lowest BCUT2D eigenvalue weighted by molar-refractivity contribution is -0.113. The van der Waals surface area contributed by atoms with Crippen LogP contribution in [0.2, 0.25) is 0 Å². The average molecular weight is 487 g/mol. The third-order valence-electron chi connectivity index (χ3n) is 6.78. The Kier molecular flexibility index (Phi) is 5.66. The summed E-state index contributed by atoms with van der Waals surface area (Å²) in [5.41, 5.74) is 2.86. The van der Waals surface area contributed by atoms with E-state index in [9.17, 15) is 18.0 Å². The minimum absolute atomic E-state index is 0.286. The van der Waals surface area contributed by atoms with E-state index in [1.807, 2.05) is 19.1 Å². The molecule has 2 aliphatic carbocycles. The van der Waals surface area contributed by atoms with Crippen molar-refractivity contribution < 1.29 is 22.7 Å². The minimum atomic E-state index is -3.50. The van der Waals surface area contributed by atoms with Gasteiger partial charge in [-0.25, -0.2) is 13.1 Å². The van der Waals surface area contributed by atoms with E-state index >= 15 is 0 Å². The maximum atomic E-state index is 13.4. The van der Waals surface area contributed by atoms with Gasteiger partial charge in [-0.15, -0.1) is 0 Å². The molecular weight excluding hydrogens is 456 g/mol. The van der Waals surface area contributed by atoms with Gasteiger partial charge in [0, 0.05) is 19.2 Å². The molecule has 1 atom stereocenters. The summed E-state index contributed by atoms with van der Waals surface area (Å²) in [5.74, 6) is 0.171. The molecule has 9 nitrogen and oxygen atoms in total. The van der Waals surface area contributed by atoms with E-state index < -0.39 is 27.0 Å². The summed E-state index contributed by atoms with van der Waals surface area (Å²) < 4.78 is 30.5. The van der Waals surface area contributed by atoms with Gasteiger partial charge in [-0.2, -0.15) is 5.10 Å². The Balaban J connectivity index is 1.43. The Morgan fingerprint density at radius 2 is 2.03 bits per heavy atom. The number of fused-ring (bicyclic) bond motifs is 2. The number of hydrogen-bond acceptors (Lipinski definition) is 6. The summed E-state index contributed by atoms with van der Waals surface area (Å²) >= 11 is 0. The Morgan fingerprint density at radius 1 is 1.26 bits per heavy atom. The molecule has 2 aromatic rings. The second kappa shape index (κ2) is 8.41. The predicted molar refractivity (Wildman–Crippen MR) is 127 cm³/mol. The maximum absolute atomic E-state index is 13.4. The van der Waals surface area contributed by atoms with Crippen LogP contribution in [0.3, 0.4) is 0 Å². The fourth-order valence-corrected chi connectivity index (χ4v) is 5.70. The molecule has 34 heavy (non-hydrogen) atoms. The molecule has 0 radical (unpaired) electrons. The molecule has 2 heterocycles. The van der Waals surface area contributed by atoms with E-state index in [1.165, 1.54) is 18.4 Å². The van der Waals surface area contributed by atoms with Crippen molar-refractivity contribution in [2.45, 2.75) is 57.5 Å². The van der Waals surface area contributed by atoms with Crippen molar-refractivity contribution in [3.63, 3.8) is 0 Å². The summed E-state index contributed by atoms with van der Waals surface area (Å²) in [4.78, 5) is 25.8. The molecular formula is C24H30N4O5S. The van der Waals surface area contributed by atoms with Crippen LogP contribution in [0.4, 0.5) is 5.82 Å². The molecule has 182 valence electrons. The summed E-state index contributed by atoms with van der Waals surface area (Å²) in [5, 5.41) is 10.6. The van der Waals surface area contributed by atoms with E-state index in [4.69, 9.17) is 9.84 Å². The monoisotopic (exact) mass is 486 g/mol. The Bertz CT molecular complexity index is 1260. The SMILES string of the molecule is CCOc1ccc2c(c1)CC1(C2)Cc2nn(CCC3CC3)c(NC(=O)CS(C)(=O)=O)c2C(=O)N1. The van der Waals surface area contributed by atoms with E-state index in [-0.39, 0.29) is 5.91 Å². The average Bonchev–Trinajstić information content (AvgIpc) is 3.41. The van der Waals surface area contributed by atoms with Crippen molar-refractivity contribution in [1.29, 1.82) is 0 Å². The van der Waals surface area contributed by atoms with Crippen LogP contribution in [-0.4, -0.2) is 54.2 Å². The van der Waals surface area contributed by atoms with E-state index in [1.54, 1.807) is 4.68 Å². The number of anilines is 1. The van der Waals surface area contributed by atoms with Crippen LogP contribution in [0.25, 0.3) is 0 Å². The summed E-state index contributed by atoms with van der Waals surface area (Å²) in [7, 11) is -3.50. The molecule has 5 rings (SSSR count).